The lowest BCUT2D eigenvalue weighted by Crippen LogP contribution is -2.74. The van der Waals surface area contributed by atoms with E-state index in [0.717, 1.165) is 14.0 Å². The first-order chi connectivity index (χ1) is 10.6. The summed E-state index contributed by atoms with van der Waals surface area (Å²) in [7, 11) is 0.898. The summed E-state index contributed by atoms with van der Waals surface area (Å²) in [6, 6.07) is -1.46. The zero-order valence-corrected chi connectivity index (χ0v) is 12.5. The summed E-state index contributed by atoms with van der Waals surface area (Å²) < 4.78 is 9.77. The monoisotopic (exact) mass is 339 g/mol. The number of aliphatic carboxylic acids is 1. The van der Waals surface area contributed by atoms with Crippen LogP contribution in [0.3, 0.4) is 0 Å². The molecule has 1 aliphatic heterocycles. The van der Waals surface area contributed by atoms with Crippen molar-refractivity contribution in [2.24, 2.45) is 0 Å². The van der Waals surface area contributed by atoms with Gasteiger partial charge >= 0.3 is 5.97 Å². The third-order valence-corrected chi connectivity index (χ3v) is 3.64. The molecular weight excluding hydrogens is 318 g/mol. The molecule has 0 aromatic rings. The number of carboxylic acid groups (broad SMARTS) is 1. The van der Waals surface area contributed by atoms with Crippen LogP contribution in [0.5, 0.6) is 0 Å². The molecule has 0 spiro atoms. The standard InChI is InChI=1S/C12H21NO10/c1-4(15)13-6-8(18)10(19)12(22-2,11(20)21)23-9(6)7(17)5(16)3-14/h5-10,14,16-19H,3H2,1-2H3,(H,13,15)(H,20,21)/t5-,6-,7-,8-,9-,10+,12-/m1/s1. The van der Waals surface area contributed by atoms with Gasteiger partial charge in [0.05, 0.1) is 12.6 Å². The van der Waals surface area contributed by atoms with Crippen LogP contribution in [-0.4, -0.2) is 98.6 Å². The zero-order chi connectivity index (χ0) is 17.9. The highest BCUT2D eigenvalue weighted by Gasteiger charge is 2.61. The number of hydrogen-bond donors (Lipinski definition) is 7. The molecule has 1 heterocycles. The second-order valence-corrected chi connectivity index (χ2v) is 5.16. The van der Waals surface area contributed by atoms with Gasteiger partial charge in [0, 0.05) is 14.0 Å². The van der Waals surface area contributed by atoms with Crippen LogP contribution in [0.25, 0.3) is 0 Å². The molecule has 23 heavy (non-hydrogen) atoms. The number of ether oxygens (including phenoxy) is 2. The smallest absolute Gasteiger partial charge is 0.367 e. The molecule has 1 rings (SSSR count). The van der Waals surface area contributed by atoms with Crippen LogP contribution >= 0.6 is 0 Å². The Hall–Kier alpha value is -1.34. The number of methoxy groups -OCH3 is 1. The Morgan fingerprint density at radius 1 is 1.35 bits per heavy atom. The lowest BCUT2D eigenvalue weighted by Gasteiger charge is -2.48. The van der Waals surface area contributed by atoms with Gasteiger partial charge in [-0.1, -0.05) is 0 Å². The van der Waals surface area contributed by atoms with E-state index in [0.29, 0.717) is 0 Å². The molecule has 0 aromatic carbocycles. The van der Waals surface area contributed by atoms with Gasteiger partial charge in [0.25, 0.3) is 5.79 Å². The van der Waals surface area contributed by atoms with Crippen molar-refractivity contribution in [1.29, 1.82) is 0 Å². The van der Waals surface area contributed by atoms with Crippen LogP contribution in [-0.2, 0) is 19.1 Å². The topological polar surface area (TPSA) is 186 Å². The quantitative estimate of drug-likeness (QED) is 0.250. The highest BCUT2D eigenvalue weighted by Crippen LogP contribution is 2.33. The molecule has 0 bridgehead atoms. The van der Waals surface area contributed by atoms with Crippen LogP contribution in [0.4, 0.5) is 0 Å². The lowest BCUT2D eigenvalue weighted by atomic mass is 9.86. The lowest BCUT2D eigenvalue weighted by molar-refractivity contribution is -0.340. The molecule has 11 nitrogen and oxygen atoms in total. The molecular formula is C12H21NO10. The second kappa shape index (κ2) is 7.49. The average molecular weight is 339 g/mol. The van der Waals surface area contributed by atoms with Gasteiger partial charge in [-0.05, 0) is 0 Å². The first kappa shape index (κ1) is 19.7. The second-order valence-electron chi connectivity index (χ2n) is 5.16. The summed E-state index contributed by atoms with van der Waals surface area (Å²) in [4.78, 5) is 22.6. The summed E-state index contributed by atoms with van der Waals surface area (Å²) >= 11 is 0. The van der Waals surface area contributed by atoms with Gasteiger partial charge in [0.15, 0.2) is 0 Å². The third-order valence-electron chi connectivity index (χ3n) is 3.64. The highest BCUT2D eigenvalue weighted by atomic mass is 16.7. The molecule has 0 saturated carbocycles. The largest absolute Gasteiger partial charge is 0.477 e. The van der Waals surface area contributed by atoms with E-state index in [9.17, 15) is 35.1 Å². The van der Waals surface area contributed by atoms with Gasteiger partial charge in [-0.15, -0.1) is 0 Å². The number of amides is 1. The van der Waals surface area contributed by atoms with Gasteiger partial charge in [0.2, 0.25) is 5.91 Å². The summed E-state index contributed by atoms with van der Waals surface area (Å²) in [5.74, 6) is -5.18. The van der Waals surface area contributed by atoms with Crippen molar-refractivity contribution in [3.8, 4) is 0 Å². The van der Waals surface area contributed by atoms with Crippen molar-refractivity contribution in [2.45, 2.75) is 49.3 Å². The van der Waals surface area contributed by atoms with Crippen molar-refractivity contribution in [3.05, 3.63) is 0 Å². The van der Waals surface area contributed by atoms with Crippen LogP contribution in [0.1, 0.15) is 6.92 Å². The van der Waals surface area contributed by atoms with Crippen LogP contribution in [0, 0.1) is 0 Å². The van der Waals surface area contributed by atoms with E-state index in [-0.39, 0.29) is 0 Å². The number of nitrogens with one attached hydrogen (secondary N) is 1. The van der Waals surface area contributed by atoms with Gasteiger partial charge < -0.3 is 45.4 Å². The SMILES string of the molecule is CO[C@@]1(C(=O)O)O[C@@H]([C@H](O)[C@H](O)CO)[C@H](NC(C)=O)[C@@H](O)[C@@H]1O. The first-order valence-electron chi connectivity index (χ1n) is 6.69. The molecule has 7 atom stereocenters. The van der Waals surface area contributed by atoms with E-state index in [1.807, 2.05) is 0 Å². The summed E-state index contributed by atoms with van der Waals surface area (Å²) in [6.07, 6.45) is -9.31. The van der Waals surface area contributed by atoms with E-state index >= 15 is 0 Å². The maximum Gasteiger partial charge on any atom is 0.367 e. The molecule has 7 N–H and O–H groups in total. The van der Waals surface area contributed by atoms with Crippen LogP contribution in [0.15, 0.2) is 0 Å². The minimum absolute atomic E-state index is 0.666. The normalized spacial score (nSPS) is 37.0. The molecule has 0 aromatic heterocycles. The summed E-state index contributed by atoms with van der Waals surface area (Å²) in [5, 5.41) is 60.0. The van der Waals surface area contributed by atoms with Crippen molar-refractivity contribution < 1.29 is 49.7 Å². The summed E-state index contributed by atoms with van der Waals surface area (Å²) in [5.41, 5.74) is 0. The average Bonchev–Trinajstić information content (AvgIpc) is 2.50. The molecule has 1 fully saturated rings. The van der Waals surface area contributed by atoms with Crippen LogP contribution < -0.4 is 5.32 Å². The van der Waals surface area contributed by atoms with Crippen molar-refractivity contribution in [3.63, 3.8) is 0 Å². The van der Waals surface area contributed by atoms with Crippen molar-refractivity contribution in [1.82, 2.24) is 5.32 Å². The maximum absolute atomic E-state index is 11.4. The van der Waals surface area contributed by atoms with E-state index in [1.54, 1.807) is 0 Å². The van der Waals surface area contributed by atoms with E-state index in [1.165, 1.54) is 0 Å². The molecule has 1 amide bonds. The molecule has 134 valence electrons. The number of carbonyl (C=O) groups is 2. The predicted octanol–water partition coefficient (Wildman–Crippen LogP) is -4.25. The van der Waals surface area contributed by atoms with E-state index in [4.69, 9.17) is 9.84 Å². The van der Waals surface area contributed by atoms with Gasteiger partial charge in [0.1, 0.15) is 30.5 Å². The Morgan fingerprint density at radius 3 is 2.30 bits per heavy atom. The number of hydrogen-bond acceptors (Lipinski definition) is 9. The Balaban J connectivity index is 3.27. The van der Waals surface area contributed by atoms with Crippen molar-refractivity contribution in [2.75, 3.05) is 13.7 Å². The molecule has 11 heteroatoms. The van der Waals surface area contributed by atoms with Gasteiger partial charge in [-0.3, -0.25) is 4.79 Å². The fourth-order valence-electron chi connectivity index (χ4n) is 2.41. The Morgan fingerprint density at radius 2 is 1.91 bits per heavy atom. The molecule has 0 radical (unpaired) electrons. The van der Waals surface area contributed by atoms with E-state index < -0.39 is 60.8 Å². The molecule has 1 saturated heterocycles. The minimum Gasteiger partial charge on any atom is -0.477 e. The van der Waals surface area contributed by atoms with E-state index in [2.05, 4.69) is 10.1 Å². The maximum atomic E-state index is 11.4. The minimum atomic E-state index is -2.73. The zero-order valence-electron chi connectivity index (χ0n) is 12.5. The number of carboxylic acids is 1. The Labute approximate surface area is 131 Å². The first-order valence-corrected chi connectivity index (χ1v) is 6.69. The van der Waals surface area contributed by atoms with Gasteiger partial charge in [-0.25, -0.2) is 4.79 Å². The highest BCUT2D eigenvalue weighted by molar-refractivity contribution is 5.77. The number of rotatable bonds is 6. The fourth-order valence-corrected chi connectivity index (χ4v) is 2.41. The Bertz CT molecular complexity index is 446. The molecule has 0 unspecified atom stereocenters. The number of aliphatic hydroxyl groups excluding tert-OH is 5. The van der Waals surface area contributed by atoms with Gasteiger partial charge in [-0.2, -0.15) is 0 Å². The number of aliphatic hydroxyl groups is 5. The Kier molecular flexibility index (Phi) is 6.41. The third kappa shape index (κ3) is 3.61. The number of carbonyl (C=O) groups excluding carboxylic acids is 1. The summed E-state index contributed by atoms with van der Waals surface area (Å²) in [6.45, 7) is 0.194. The molecule has 1 aliphatic rings. The molecule has 0 aliphatic carbocycles. The van der Waals surface area contributed by atoms with Crippen LogP contribution in [0.2, 0.25) is 0 Å². The van der Waals surface area contributed by atoms with Crippen molar-refractivity contribution >= 4 is 11.9 Å². The fraction of sp³-hybridized carbons (Fsp3) is 0.833. The predicted molar refractivity (Wildman–Crippen MR) is 71.0 cm³/mol.